The van der Waals surface area contributed by atoms with Gasteiger partial charge in [-0.05, 0) is 37.0 Å². The number of aromatic amines is 2. The highest BCUT2D eigenvalue weighted by atomic mass is 35.5. The number of aromatic nitrogens is 2. The van der Waals surface area contributed by atoms with Crippen LogP contribution < -0.4 is 16.6 Å². The number of nitrogens with two attached hydrogens (primary N) is 1. The van der Waals surface area contributed by atoms with Crippen molar-refractivity contribution in [2.24, 2.45) is 5.73 Å². The van der Waals surface area contributed by atoms with E-state index in [9.17, 15) is 14.4 Å². The number of carbonyl (C=O) groups is 2. The third-order valence-electron chi connectivity index (χ3n) is 3.99. The Kier molecular flexibility index (Phi) is 4.38. The van der Waals surface area contributed by atoms with E-state index in [1.807, 2.05) is 0 Å². The zero-order valence-electron chi connectivity index (χ0n) is 12.4. The molecule has 24 heavy (non-hydrogen) atoms. The molecule has 1 aliphatic rings. The second-order valence-corrected chi connectivity index (χ2v) is 6.36. The lowest BCUT2D eigenvalue weighted by atomic mass is 9.90. The van der Waals surface area contributed by atoms with Crippen LogP contribution >= 0.6 is 23.2 Å². The summed E-state index contributed by atoms with van der Waals surface area (Å²) in [5.41, 5.74) is 6.20. The summed E-state index contributed by atoms with van der Waals surface area (Å²) < 4.78 is 0. The predicted octanol–water partition coefficient (Wildman–Crippen LogP) is 1.92. The molecule has 0 saturated heterocycles. The van der Waals surface area contributed by atoms with Gasteiger partial charge in [-0.25, -0.2) is 0 Å². The minimum absolute atomic E-state index is 0.124. The third kappa shape index (κ3) is 3.05. The number of rotatable bonds is 3. The molecule has 126 valence electrons. The van der Waals surface area contributed by atoms with Crippen molar-refractivity contribution in [3.8, 4) is 0 Å². The summed E-state index contributed by atoms with van der Waals surface area (Å²) in [6.45, 7) is 0. The maximum absolute atomic E-state index is 12.4. The fourth-order valence-electron chi connectivity index (χ4n) is 2.84. The largest absolute Gasteiger partial charge is 0.365 e. The van der Waals surface area contributed by atoms with Crippen LogP contribution in [0.4, 0.5) is 0 Å². The molecule has 2 amide bonds. The van der Waals surface area contributed by atoms with Gasteiger partial charge < -0.3 is 21.0 Å². The van der Waals surface area contributed by atoms with E-state index in [2.05, 4.69) is 15.3 Å². The summed E-state index contributed by atoms with van der Waals surface area (Å²) in [6.07, 6.45) is 2.12. The van der Waals surface area contributed by atoms with Gasteiger partial charge in [-0.15, -0.1) is 0 Å². The Morgan fingerprint density at radius 3 is 2.62 bits per heavy atom. The fraction of sp³-hybridized carbons (Fsp3) is 0.267. The van der Waals surface area contributed by atoms with E-state index in [-0.39, 0.29) is 33.4 Å². The van der Waals surface area contributed by atoms with E-state index >= 15 is 0 Å². The average molecular weight is 369 g/mol. The molecule has 0 spiro atoms. The molecular formula is C15H14Cl2N4O3. The van der Waals surface area contributed by atoms with E-state index in [1.54, 1.807) is 0 Å². The molecule has 1 aliphatic carbocycles. The Labute approximate surface area is 146 Å². The Morgan fingerprint density at radius 1 is 1.25 bits per heavy atom. The van der Waals surface area contributed by atoms with Gasteiger partial charge in [-0.1, -0.05) is 23.2 Å². The summed E-state index contributed by atoms with van der Waals surface area (Å²) in [4.78, 5) is 40.9. The highest BCUT2D eigenvalue weighted by molar-refractivity contribution is 6.41. The number of hydrogen-bond donors (Lipinski definition) is 4. The molecule has 0 bridgehead atoms. The van der Waals surface area contributed by atoms with Crippen LogP contribution in [0.5, 0.6) is 0 Å². The smallest absolute Gasteiger partial charge is 0.268 e. The molecule has 0 radical (unpaired) electrons. The molecule has 0 aromatic carbocycles. The number of fused-ring (bicyclic) bond motifs is 1. The van der Waals surface area contributed by atoms with Gasteiger partial charge in [0.1, 0.15) is 16.4 Å². The number of H-pyrrole nitrogens is 2. The monoisotopic (exact) mass is 368 g/mol. The Morgan fingerprint density at radius 2 is 2.00 bits per heavy atom. The molecule has 2 aromatic rings. The molecule has 9 heteroatoms. The summed E-state index contributed by atoms with van der Waals surface area (Å²) in [5.74, 6) is -1.19. The second kappa shape index (κ2) is 6.33. The minimum atomic E-state index is -0.808. The van der Waals surface area contributed by atoms with E-state index in [0.29, 0.717) is 24.1 Å². The van der Waals surface area contributed by atoms with Crippen molar-refractivity contribution in [2.75, 3.05) is 0 Å². The van der Waals surface area contributed by atoms with Crippen LogP contribution in [-0.4, -0.2) is 21.8 Å². The summed E-state index contributed by atoms with van der Waals surface area (Å²) in [7, 11) is 0. The lowest BCUT2D eigenvalue weighted by Gasteiger charge is -2.26. The molecule has 0 unspecified atom stereocenters. The first-order chi connectivity index (χ1) is 11.4. The van der Waals surface area contributed by atoms with Crippen molar-refractivity contribution < 1.29 is 9.59 Å². The van der Waals surface area contributed by atoms with E-state index in [4.69, 9.17) is 28.9 Å². The van der Waals surface area contributed by atoms with E-state index in [1.165, 1.54) is 12.1 Å². The van der Waals surface area contributed by atoms with Crippen LogP contribution in [0.15, 0.2) is 16.9 Å². The van der Waals surface area contributed by atoms with Gasteiger partial charge in [-0.3, -0.25) is 14.4 Å². The van der Waals surface area contributed by atoms with Crippen LogP contribution in [0.3, 0.4) is 0 Å². The fourth-order valence-corrected chi connectivity index (χ4v) is 3.15. The maximum Gasteiger partial charge on any atom is 0.268 e. The maximum atomic E-state index is 12.4. The number of nitrogens with one attached hydrogen (secondary N) is 3. The molecule has 3 rings (SSSR count). The number of halogens is 2. The molecule has 0 saturated carbocycles. The molecule has 5 N–H and O–H groups in total. The number of carbonyl (C=O) groups excluding carboxylic acids is 2. The lowest BCUT2D eigenvalue weighted by Crippen LogP contribution is -2.34. The predicted molar refractivity (Wildman–Crippen MR) is 89.5 cm³/mol. The number of pyridine rings is 1. The molecule has 2 aromatic heterocycles. The van der Waals surface area contributed by atoms with Crippen molar-refractivity contribution in [1.29, 1.82) is 0 Å². The molecular weight excluding hydrogens is 355 g/mol. The summed E-state index contributed by atoms with van der Waals surface area (Å²) in [6, 6.07) is 2.54. The highest BCUT2D eigenvalue weighted by Crippen LogP contribution is 2.29. The Balaban J connectivity index is 1.91. The van der Waals surface area contributed by atoms with Gasteiger partial charge in [0.15, 0.2) is 0 Å². The molecule has 1 atom stereocenters. The van der Waals surface area contributed by atoms with Crippen molar-refractivity contribution >= 4 is 35.0 Å². The average Bonchev–Trinajstić information content (AvgIpc) is 2.86. The van der Waals surface area contributed by atoms with Gasteiger partial charge in [0.2, 0.25) is 0 Å². The standard InChI is InChI=1S/C15H14Cl2N4O3/c16-8-5-11(19-12(8)17)15(24)21-10-3-1-2-9-6(10)4-7(13(18)22)14(23)20-9/h4-5,10,19H,1-3H2,(H2,18,22)(H,20,23)(H,21,24)/t10-/m0/s1. The Hall–Kier alpha value is -2.25. The zero-order chi connectivity index (χ0) is 17.4. The number of aryl methyl sites for hydroxylation is 1. The van der Waals surface area contributed by atoms with Gasteiger partial charge in [0, 0.05) is 5.69 Å². The van der Waals surface area contributed by atoms with Crippen LogP contribution in [-0.2, 0) is 6.42 Å². The number of amides is 2. The first-order valence-corrected chi connectivity index (χ1v) is 8.03. The normalized spacial score (nSPS) is 16.5. The van der Waals surface area contributed by atoms with Gasteiger partial charge in [-0.2, -0.15) is 0 Å². The molecule has 2 heterocycles. The van der Waals surface area contributed by atoms with E-state index in [0.717, 1.165) is 6.42 Å². The number of hydrogen-bond acceptors (Lipinski definition) is 3. The van der Waals surface area contributed by atoms with Crippen molar-refractivity contribution in [3.63, 3.8) is 0 Å². The van der Waals surface area contributed by atoms with Gasteiger partial charge >= 0.3 is 0 Å². The third-order valence-corrected chi connectivity index (χ3v) is 4.69. The number of primary amides is 1. The van der Waals surface area contributed by atoms with Crippen LogP contribution in [0.1, 0.15) is 51.0 Å². The zero-order valence-corrected chi connectivity index (χ0v) is 13.9. The lowest BCUT2D eigenvalue weighted by molar-refractivity contribution is 0.0928. The molecule has 0 aliphatic heterocycles. The van der Waals surface area contributed by atoms with Crippen LogP contribution in [0.2, 0.25) is 10.2 Å². The summed E-state index contributed by atoms with van der Waals surface area (Å²) in [5, 5.41) is 3.30. The molecule has 7 nitrogen and oxygen atoms in total. The minimum Gasteiger partial charge on any atom is -0.365 e. The van der Waals surface area contributed by atoms with Crippen LogP contribution in [0, 0.1) is 0 Å². The first kappa shape index (κ1) is 16.6. The molecule has 0 fully saturated rings. The van der Waals surface area contributed by atoms with Gasteiger partial charge in [0.05, 0.1) is 11.1 Å². The van der Waals surface area contributed by atoms with E-state index < -0.39 is 11.5 Å². The van der Waals surface area contributed by atoms with Gasteiger partial charge in [0.25, 0.3) is 17.4 Å². The van der Waals surface area contributed by atoms with Crippen LogP contribution in [0.25, 0.3) is 0 Å². The second-order valence-electron chi connectivity index (χ2n) is 5.57. The van der Waals surface area contributed by atoms with Crippen molar-refractivity contribution in [2.45, 2.75) is 25.3 Å². The SMILES string of the molecule is NC(=O)c1cc2c([nH]c1=O)CCC[C@@H]2NC(=O)c1cc(Cl)c(Cl)[nH]1. The first-order valence-electron chi connectivity index (χ1n) is 7.27. The summed E-state index contributed by atoms with van der Waals surface area (Å²) >= 11 is 11.6. The quantitative estimate of drug-likeness (QED) is 0.661. The van der Waals surface area contributed by atoms with Crippen molar-refractivity contribution in [3.05, 3.63) is 55.2 Å². The topological polar surface area (TPSA) is 121 Å². The Bertz CT molecular complexity index is 868. The van der Waals surface area contributed by atoms with Crippen molar-refractivity contribution in [1.82, 2.24) is 15.3 Å². The highest BCUT2D eigenvalue weighted by Gasteiger charge is 2.25.